The monoisotopic (exact) mass is 268 g/mol. The Hall–Kier alpha value is -1.54. The number of hydrogen-bond acceptors (Lipinski definition) is 4. The predicted molar refractivity (Wildman–Crippen MR) is 55.6 cm³/mol. The molecule has 0 fully saturated rings. The van der Waals surface area contributed by atoms with Gasteiger partial charge >= 0.3 is 12.3 Å². The molecule has 1 aliphatic rings. The molecule has 0 aliphatic carbocycles. The van der Waals surface area contributed by atoms with Crippen molar-refractivity contribution in [3.63, 3.8) is 0 Å². The van der Waals surface area contributed by atoms with Crippen LogP contribution in [0, 0.1) is 0 Å². The number of alkyl halides is 3. The summed E-state index contributed by atoms with van der Waals surface area (Å²) in [6, 6.07) is -3.38. The van der Waals surface area contributed by atoms with Gasteiger partial charge in [-0.15, -0.1) is 0 Å². The zero-order chi connectivity index (χ0) is 13.8. The van der Waals surface area contributed by atoms with Crippen LogP contribution in [0.5, 0.6) is 0 Å². The summed E-state index contributed by atoms with van der Waals surface area (Å²) in [5, 5.41) is 15.5. The highest BCUT2D eigenvalue weighted by Gasteiger charge is 2.52. The molecule has 6 nitrogen and oxygen atoms in total. The highest BCUT2D eigenvalue weighted by atomic mass is 19.4. The van der Waals surface area contributed by atoms with E-state index in [1.54, 1.807) is 5.53 Å². The van der Waals surface area contributed by atoms with Crippen LogP contribution in [0.25, 0.3) is 0 Å². The molecule has 2 atom stereocenters. The lowest BCUT2D eigenvalue weighted by Gasteiger charge is -2.35. The molecule has 2 N–H and O–H groups in total. The second-order valence-corrected chi connectivity index (χ2v) is 4.02. The molecule has 18 heavy (non-hydrogen) atoms. The third kappa shape index (κ3) is 3.47. The predicted octanol–water partition coefficient (Wildman–Crippen LogP) is 2.73. The van der Waals surface area contributed by atoms with Gasteiger partial charge in [0.15, 0.2) is 6.04 Å². The SMILES string of the molecule is CCCCCC1N=NNN(C(=O)O)C1C(F)(F)F. The largest absolute Gasteiger partial charge is 0.464 e. The summed E-state index contributed by atoms with van der Waals surface area (Å²) in [6.07, 6.45) is -4.05. The molecule has 2 unspecified atom stereocenters. The molecule has 0 spiro atoms. The Kier molecular flexibility index (Phi) is 4.74. The maximum absolute atomic E-state index is 12.9. The zero-order valence-electron chi connectivity index (χ0n) is 9.81. The van der Waals surface area contributed by atoms with E-state index in [-0.39, 0.29) is 11.4 Å². The Morgan fingerprint density at radius 1 is 1.44 bits per heavy atom. The van der Waals surface area contributed by atoms with Gasteiger partial charge in [-0.3, -0.25) is 0 Å². The fourth-order valence-electron chi connectivity index (χ4n) is 1.79. The van der Waals surface area contributed by atoms with Crippen molar-refractivity contribution in [2.45, 2.75) is 50.9 Å². The maximum Gasteiger partial charge on any atom is 0.428 e. The minimum Gasteiger partial charge on any atom is -0.464 e. The first-order valence-electron chi connectivity index (χ1n) is 5.62. The van der Waals surface area contributed by atoms with E-state index >= 15 is 0 Å². The van der Waals surface area contributed by atoms with E-state index in [0.717, 1.165) is 12.8 Å². The van der Waals surface area contributed by atoms with Gasteiger partial charge in [-0.05, 0) is 6.42 Å². The van der Waals surface area contributed by atoms with E-state index in [1.165, 1.54) is 0 Å². The number of carbonyl (C=O) groups is 1. The molecular weight excluding hydrogens is 253 g/mol. The van der Waals surface area contributed by atoms with Gasteiger partial charge in [0.1, 0.15) is 6.04 Å². The lowest BCUT2D eigenvalue weighted by Crippen LogP contribution is -2.60. The molecule has 0 aromatic rings. The molecule has 1 amide bonds. The van der Waals surface area contributed by atoms with Crippen molar-refractivity contribution in [3.05, 3.63) is 0 Å². The van der Waals surface area contributed by atoms with Gasteiger partial charge in [0, 0.05) is 0 Å². The number of halogens is 3. The molecule has 104 valence electrons. The fraction of sp³-hybridized carbons (Fsp3) is 0.889. The van der Waals surface area contributed by atoms with Crippen LogP contribution in [0.1, 0.15) is 32.6 Å². The van der Waals surface area contributed by atoms with Gasteiger partial charge in [0.05, 0.1) is 0 Å². The van der Waals surface area contributed by atoms with E-state index in [2.05, 4.69) is 10.3 Å². The smallest absolute Gasteiger partial charge is 0.428 e. The molecule has 0 radical (unpaired) electrons. The summed E-state index contributed by atoms with van der Waals surface area (Å²) in [4.78, 5) is 10.7. The minimum absolute atomic E-state index is 0.0591. The Labute approximate surface area is 102 Å². The Morgan fingerprint density at radius 3 is 2.61 bits per heavy atom. The second kappa shape index (κ2) is 5.87. The molecular formula is C9H15F3N4O2. The molecule has 0 saturated heterocycles. The van der Waals surface area contributed by atoms with Gasteiger partial charge in [0.25, 0.3) is 0 Å². The van der Waals surface area contributed by atoms with Crippen molar-refractivity contribution in [2.75, 3.05) is 0 Å². The topological polar surface area (TPSA) is 77.3 Å². The van der Waals surface area contributed by atoms with Crippen molar-refractivity contribution in [1.82, 2.24) is 10.5 Å². The van der Waals surface area contributed by atoms with Gasteiger partial charge in [-0.2, -0.15) is 28.8 Å². The summed E-state index contributed by atoms with van der Waals surface area (Å²) in [7, 11) is 0. The first-order valence-corrected chi connectivity index (χ1v) is 5.62. The van der Waals surface area contributed by atoms with E-state index in [0.29, 0.717) is 6.42 Å². The van der Waals surface area contributed by atoms with Crippen molar-refractivity contribution < 1.29 is 23.1 Å². The average molecular weight is 268 g/mol. The van der Waals surface area contributed by atoms with Crippen molar-refractivity contribution in [2.24, 2.45) is 10.3 Å². The zero-order valence-corrected chi connectivity index (χ0v) is 9.81. The molecule has 1 aliphatic heterocycles. The summed E-state index contributed by atoms with van der Waals surface area (Å²) in [5.41, 5.74) is 1.77. The molecule has 0 bridgehead atoms. The number of hydrazine groups is 1. The highest BCUT2D eigenvalue weighted by Crippen LogP contribution is 2.31. The number of nitrogens with zero attached hydrogens (tertiary/aromatic N) is 3. The van der Waals surface area contributed by atoms with Crippen LogP contribution in [0.4, 0.5) is 18.0 Å². The van der Waals surface area contributed by atoms with Gasteiger partial charge in [-0.25, -0.2) is 4.79 Å². The van der Waals surface area contributed by atoms with Crippen LogP contribution in [-0.2, 0) is 0 Å². The van der Waals surface area contributed by atoms with E-state index < -0.39 is 24.4 Å². The van der Waals surface area contributed by atoms with Crippen molar-refractivity contribution in [1.29, 1.82) is 0 Å². The molecule has 9 heteroatoms. The number of hydrogen-bond donors (Lipinski definition) is 2. The standard InChI is InChI=1S/C9H15F3N4O2/c1-2-3-4-5-6-7(9(10,11)12)16(8(17)18)15-14-13-6/h6-7H,2-5H2,1H3,(H,13,15)(H,17,18). The number of unbranched alkanes of at least 4 members (excludes halogenated alkanes) is 2. The van der Waals surface area contributed by atoms with Gasteiger partial charge in [0.2, 0.25) is 0 Å². The van der Waals surface area contributed by atoms with Crippen LogP contribution in [0.3, 0.4) is 0 Å². The third-order valence-corrected chi connectivity index (χ3v) is 2.65. The summed E-state index contributed by atoms with van der Waals surface area (Å²) in [6.45, 7) is 1.93. The number of carboxylic acid groups (broad SMARTS) is 1. The Bertz CT molecular complexity index is 321. The number of amides is 1. The van der Waals surface area contributed by atoms with E-state index in [4.69, 9.17) is 5.11 Å². The first-order chi connectivity index (χ1) is 8.38. The van der Waals surface area contributed by atoms with Crippen molar-refractivity contribution in [3.8, 4) is 0 Å². The first kappa shape index (κ1) is 14.5. The maximum atomic E-state index is 12.9. The Balaban J connectivity index is 2.82. The highest BCUT2D eigenvalue weighted by molar-refractivity contribution is 5.65. The molecule has 1 heterocycles. The molecule has 0 aromatic heterocycles. The van der Waals surface area contributed by atoms with Crippen LogP contribution in [-0.4, -0.2) is 34.5 Å². The normalized spacial score (nSPS) is 23.9. The lowest BCUT2D eigenvalue weighted by molar-refractivity contribution is -0.196. The average Bonchev–Trinajstić information content (AvgIpc) is 2.27. The third-order valence-electron chi connectivity index (χ3n) is 2.65. The summed E-state index contributed by atoms with van der Waals surface area (Å²) < 4.78 is 38.6. The summed E-state index contributed by atoms with van der Waals surface area (Å²) in [5.74, 6) is 0. The van der Waals surface area contributed by atoms with E-state index in [1.807, 2.05) is 6.92 Å². The van der Waals surface area contributed by atoms with E-state index in [9.17, 15) is 18.0 Å². The fourth-order valence-corrected chi connectivity index (χ4v) is 1.79. The number of nitrogens with one attached hydrogen (secondary N) is 1. The number of rotatable bonds is 4. The molecule has 0 aromatic carbocycles. The van der Waals surface area contributed by atoms with Crippen LogP contribution in [0.2, 0.25) is 0 Å². The van der Waals surface area contributed by atoms with Gasteiger partial charge < -0.3 is 5.11 Å². The van der Waals surface area contributed by atoms with Gasteiger partial charge in [-0.1, -0.05) is 31.4 Å². The van der Waals surface area contributed by atoms with Crippen LogP contribution in [0.15, 0.2) is 10.3 Å². The van der Waals surface area contributed by atoms with Crippen LogP contribution < -0.4 is 5.53 Å². The molecule has 1 rings (SSSR count). The lowest BCUT2D eigenvalue weighted by atomic mass is 10.0. The summed E-state index contributed by atoms with van der Waals surface area (Å²) >= 11 is 0. The Morgan fingerprint density at radius 2 is 2.11 bits per heavy atom. The minimum atomic E-state index is -4.68. The quantitative estimate of drug-likeness (QED) is 0.769. The van der Waals surface area contributed by atoms with Crippen LogP contribution >= 0.6 is 0 Å². The molecule has 0 saturated carbocycles. The second-order valence-electron chi connectivity index (χ2n) is 4.02. The van der Waals surface area contributed by atoms with Crippen molar-refractivity contribution >= 4 is 6.09 Å².